The number of carbonyl (C=O) groups is 1. The fourth-order valence-electron chi connectivity index (χ4n) is 2.59. The summed E-state index contributed by atoms with van der Waals surface area (Å²) in [5.41, 5.74) is 1.33. The maximum Gasteiger partial charge on any atom is 0.387 e. The van der Waals surface area contributed by atoms with Crippen LogP contribution in [0.3, 0.4) is 0 Å². The molecule has 0 aromatic heterocycles. The van der Waals surface area contributed by atoms with E-state index in [1.165, 1.54) is 23.1 Å². The molecular weight excluding hydrogens is 416 g/mol. The summed E-state index contributed by atoms with van der Waals surface area (Å²) in [6.45, 7) is -2.28. The van der Waals surface area contributed by atoms with Gasteiger partial charge >= 0.3 is 13.2 Å². The summed E-state index contributed by atoms with van der Waals surface area (Å²) in [5, 5.41) is 8.86. The van der Waals surface area contributed by atoms with Crippen molar-refractivity contribution in [3.8, 4) is 17.6 Å². The molecule has 9 heteroatoms. The van der Waals surface area contributed by atoms with E-state index in [0.29, 0.717) is 5.56 Å². The molecular formula is C22H18F4N2O3. The lowest BCUT2D eigenvalue weighted by Crippen LogP contribution is -2.29. The van der Waals surface area contributed by atoms with Gasteiger partial charge in [-0.2, -0.15) is 22.8 Å². The van der Waals surface area contributed by atoms with Crippen molar-refractivity contribution >= 4 is 12.0 Å². The van der Waals surface area contributed by atoms with E-state index in [9.17, 15) is 22.4 Å². The van der Waals surface area contributed by atoms with Crippen molar-refractivity contribution in [2.45, 2.75) is 19.8 Å². The largest absolute Gasteiger partial charge is 0.435 e. The topological polar surface area (TPSA) is 62.6 Å². The van der Waals surface area contributed by atoms with Gasteiger partial charge in [-0.25, -0.2) is 0 Å². The number of amides is 1. The highest BCUT2D eigenvalue weighted by Gasteiger charge is 2.14. The molecule has 162 valence electrons. The number of benzene rings is 2. The normalized spacial score (nSPS) is 10.9. The molecule has 0 saturated heterocycles. The molecule has 2 rings (SSSR count). The van der Waals surface area contributed by atoms with Crippen molar-refractivity contribution < 1.29 is 31.8 Å². The number of nitrogens with zero attached hydrogens (tertiary/aromatic N) is 2. The van der Waals surface area contributed by atoms with Gasteiger partial charge in [0.1, 0.15) is 11.5 Å². The number of hydrogen-bond donors (Lipinski definition) is 0. The lowest BCUT2D eigenvalue weighted by Gasteiger charge is -2.19. The smallest absolute Gasteiger partial charge is 0.387 e. The van der Waals surface area contributed by atoms with Crippen LogP contribution in [-0.2, 0) is 11.3 Å². The molecule has 0 unspecified atom stereocenters. The molecule has 0 heterocycles. The predicted octanol–water partition coefficient (Wildman–Crippen LogP) is 4.99. The van der Waals surface area contributed by atoms with Gasteiger partial charge < -0.3 is 14.4 Å². The van der Waals surface area contributed by atoms with Gasteiger partial charge in [-0.1, -0.05) is 18.2 Å². The first-order chi connectivity index (χ1) is 14.8. The Bertz CT molecular complexity index is 970. The monoisotopic (exact) mass is 434 g/mol. The second-order valence-corrected chi connectivity index (χ2v) is 6.11. The molecule has 0 aliphatic rings. The van der Waals surface area contributed by atoms with Gasteiger partial charge in [-0.15, -0.1) is 6.58 Å². The Morgan fingerprint density at radius 1 is 1.10 bits per heavy atom. The van der Waals surface area contributed by atoms with Crippen molar-refractivity contribution in [2.75, 3.05) is 6.54 Å². The lowest BCUT2D eigenvalue weighted by molar-refractivity contribution is -0.126. The zero-order valence-electron chi connectivity index (χ0n) is 16.2. The predicted molar refractivity (Wildman–Crippen MR) is 106 cm³/mol. The van der Waals surface area contributed by atoms with E-state index in [4.69, 9.17) is 5.26 Å². The highest BCUT2D eigenvalue weighted by molar-refractivity contribution is 5.92. The Morgan fingerprint density at radius 2 is 1.77 bits per heavy atom. The molecule has 0 saturated carbocycles. The minimum Gasteiger partial charge on any atom is -0.435 e. The molecule has 0 aliphatic carbocycles. The van der Waals surface area contributed by atoms with Crippen LogP contribution in [0.4, 0.5) is 17.6 Å². The number of halogens is 4. The average molecular weight is 434 g/mol. The number of nitriles is 1. The second kappa shape index (κ2) is 11.4. The molecule has 0 atom stereocenters. The minimum absolute atomic E-state index is 0.0761. The van der Waals surface area contributed by atoms with E-state index in [1.54, 1.807) is 24.3 Å². The molecule has 31 heavy (non-hydrogen) atoms. The van der Waals surface area contributed by atoms with Gasteiger partial charge in [0.05, 0.1) is 11.6 Å². The van der Waals surface area contributed by atoms with Gasteiger partial charge in [0.25, 0.3) is 0 Å². The van der Waals surface area contributed by atoms with Crippen LogP contribution >= 0.6 is 0 Å². The van der Waals surface area contributed by atoms with Crippen molar-refractivity contribution in [3.05, 3.63) is 77.9 Å². The molecule has 0 radical (unpaired) electrons. The molecule has 0 aliphatic heterocycles. The maximum atomic E-state index is 12.7. The summed E-state index contributed by atoms with van der Waals surface area (Å²) >= 11 is 0. The van der Waals surface area contributed by atoms with E-state index < -0.39 is 24.9 Å². The van der Waals surface area contributed by atoms with E-state index in [2.05, 4.69) is 16.1 Å². The highest BCUT2D eigenvalue weighted by atomic mass is 19.3. The van der Waals surface area contributed by atoms with Crippen LogP contribution < -0.4 is 9.47 Å². The number of alkyl halides is 4. The second-order valence-electron chi connectivity index (χ2n) is 6.11. The van der Waals surface area contributed by atoms with Crippen LogP contribution in [0.25, 0.3) is 6.08 Å². The minimum atomic E-state index is -3.20. The first kappa shape index (κ1) is 23.5. The number of ether oxygens (including phenoxy) is 2. The van der Waals surface area contributed by atoms with Gasteiger partial charge in [0.2, 0.25) is 5.91 Å². The van der Waals surface area contributed by atoms with Gasteiger partial charge in [0, 0.05) is 30.8 Å². The van der Waals surface area contributed by atoms with Crippen LogP contribution in [0.1, 0.15) is 16.7 Å². The van der Waals surface area contributed by atoms with Crippen LogP contribution in [0, 0.1) is 11.3 Å². The van der Waals surface area contributed by atoms with Gasteiger partial charge in [-0.05, 0) is 35.9 Å². The van der Waals surface area contributed by atoms with E-state index in [0.717, 1.165) is 23.8 Å². The highest BCUT2D eigenvalue weighted by Crippen LogP contribution is 2.28. The Hall–Kier alpha value is -3.80. The summed E-state index contributed by atoms with van der Waals surface area (Å²) in [6.07, 6.45) is 3.91. The van der Waals surface area contributed by atoms with Crippen molar-refractivity contribution in [2.24, 2.45) is 0 Å². The summed E-state index contributed by atoms with van der Waals surface area (Å²) in [5.74, 6) is -1.22. The SMILES string of the molecule is C=CCN(Cc1ccc(C#N)cc1)C(=O)/C=C/c1ccc(OC(F)F)cc1OC(F)F. The van der Waals surface area contributed by atoms with Gasteiger partial charge in [0.15, 0.2) is 0 Å². The van der Waals surface area contributed by atoms with E-state index in [1.807, 2.05) is 6.07 Å². The summed E-state index contributed by atoms with van der Waals surface area (Å²) in [7, 11) is 0. The van der Waals surface area contributed by atoms with E-state index in [-0.39, 0.29) is 24.4 Å². The van der Waals surface area contributed by atoms with Crippen LogP contribution in [-0.4, -0.2) is 30.6 Å². The molecule has 0 N–H and O–H groups in total. The first-order valence-corrected chi connectivity index (χ1v) is 8.93. The molecule has 2 aromatic rings. The zero-order valence-corrected chi connectivity index (χ0v) is 16.2. The third kappa shape index (κ3) is 7.51. The van der Waals surface area contributed by atoms with Gasteiger partial charge in [-0.3, -0.25) is 4.79 Å². The third-order valence-corrected chi connectivity index (χ3v) is 3.95. The molecule has 5 nitrogen and oxygen atoms in total. The summed E-state index contributed by atoms with van der Waals surface area (Å²) < 4.78 is 58.6. The molecule has 0 spiro atoms. The Balaban J connectivity index is 2.20. The number of carbonyl (C=O) groups excluding carboxylic acids is 1. The fraction of sp³-hybridized carbons (Fsp3) is 0.182. The van der Waals surface area contributed by atoms with Crippen molar-refractivity contribution in [1.29, 1.82) is 5.26 Å². The summed E-state index contributed by atoms with van der Waals surface area (Å²) in [4.78, 5) is 14.0. The third-order valence-electron chi connectivity index (χ3n) is 3.95. The molecule has 1 amide bonds. The Kier molecular flexibility index (Phi) is 8.64. The fourth-order valence-corrected chi connectivity index (χ4v) is 2.59. The van der Waals surface area contributed by atoms with Crippen molar-refractivity contribution in [3.63, 3.8) is 0 Å². The van der Waals surface area contributed by atoms with Crippen LogP contribution in [0.5, 0.6) is 11.5 Å². The molecule has 0 fully saturated rings. The number of rotatable bonds is 10. The summed E-state index contributed by atoms with van der Waals surface area (Å²) in [6, 6.07) is 11.9. The molecule has 2 aromatic carbocycles. The quantitative estimate of drug-likeness (QED) is 0.300. The molecule has 0 bridgehead atoms. The van der Waals surface area contributed by atoms with Crippen LogP contribution in [0.2, 0.25) is 0 Å². The van der Waals surface area contributed by atoms with Crippen LogP contribution in [0.15, 0.2) is 61.2 Å². The lowest BCUT2D eigenvalue weighted by atomic mass is 10.1. The Morgan fingerprint density at radius 3 is 2.35 bits per heavy atom. The maximum absolute atomic E-state index is 12.7. The zero-order chi connectivity index (χ0) is 22.8. The number of hydrogen-bond acceptors (Lipinski definition) is 4. The average Bonchev–Trinajstić information content (AvgIpc) is 2.72. The standard InChI is InChI=1S/C22H18F4N2O3/c1-2-11-28(14-16-5-3-15(13-27)4-6-16)20(29)10-8-17-7-9-18(30-21(23)24)12-19(17)31-22(25)26/h2-10,12,21-22H,1,11,14H2/b10-8+. The van der Waals surface area contributed by atoms with Crippen molar-refractivity contribution in [1.82, 2.24) is 4.90 Å². The first-order valence-electron chi connectivity index (χ1n) is 8.93. The Labute approximate surface area is 176 Å². The van der Waals surface area contributed by atoms with E-state index >= 15 is 0 Å².